The lowest BCUT2D eigenvalue weighted by Gasteiger charge is -2.27. The van der Waals surface area contributed by atoms with Gasteiger partial charge >= 0.3 is 5.97 Å². The molecule has 112 valence electrons. The number of carbonyl (C=O) groups is 2. The minimum Gasteiger partial charge on any atom is -0.480 e. The zero-order valence-electron chi connectivity index (χ0n) is 12.4. The van der Waals surface area contributed by atoms with Crippen molar-refractivity contribution in [3.8, 4) is 0 Å². The maximum atomic E-state index is 11.9. The molecule has 3 N–H and O–H groups in total. The number of amides is 1. The van der Waals surface area contributed by atoms with Crippen LogP contribution in [-0.2, 0) is 16.0 Å². The molecule has 1 rings (SSSR count). The summed E-state index contributed by atoms with van der Waals surface area (Å²) in [6.07, 6.45) is 3.55. The number of hydrogen-bond donors (Lipinski definition) is 3. The molecule has 0 aliphatic carbocycles. The van der Waals surface area contributed by atoms with Gasteiger partial charge in [0.2, 0.25) is 5.91 Å². The van der Waals surface area contributed by atoms with E-state index in [9.17, 15) is 9.59 Å². The molecule has 0 aliphatic rings. The van der Waals surface area contributed by atoms with Crippen LogP contribution >= 0.6 is 0 Å². The quantitative estimate of drug-likeness (QED) is 0.738. The minimum atomic E-state index is -1.05. The molecule has 0 aliphatic heterocycles. The van der Waals surface area contributed by atoms with Gasteiger partial charge in [-0.25, -0.2) is 9.78 Å². The summed E-state index contributed by atoms with van der Waals surface area (Å²) in [5.41, 5.74) is 0.695. The predicted octanol–water partition coefficient (Wildman–Crippen LogP) is 1.59. The van der Waals surface area contributed by atoms with Crippen LogP contribution in [0.15, 0.2) is 12.5 Å². The monoisotopic (exact) mass is 281 g/mol. The van der Waals surface area contributed by atoms with Gasteiger partial charge in [-0.15, -0.1) is 0 Å². The van der Waals surface area contributed by atoms with E-state index in [1.165, 1.54) is 6.33 Å². The number of nitrogens with one attached hydrogen (secondary N) is 2. The SMILES string of the molecule is CC(CC(=O)NC(Cc1cnc[nH]1)C(=O)O)C(C)(C)C. The van der Waals surface area contributed by atoms with E-state index < -0.39 is 12.0 Å². The van der Waals surface area contributed by atoms with E-state index in [2.05, 4.69) is 36.1 Å². The minimum absolute atomic E-state index is 0.0133. The Bertz CT molecular complexity index is 449. The summed E-state index contributed by atoms with van der Waals surface area (Å²) in [4.78, 5) is 29.8. The standard InChI is InChI=1S/C14H23N3O3/c1-9(14(2,3)4)5-12(18)17-11(13(19)20)6-10-7-15-8-16-10/h7-9,11H,5-6H2,1-4H3,(H,15,16)(H,17,18)(H,19,20). The van der Waals surface area contributed by atoms with Crippen molar-refractivity contribution >= 4 is 11.9 Å². The average molecular weight is 281 g/mol. The Labute approximate surface area is 119 Å². The van der Waals surface area contributed by atoms with Gasteiger partial charge < -0.3 is 15.4 Å². The summed E-state index contributed by atoms with van der Waals surface area (Å²) in [6, 6.07) is -0.935. The Morgan fingerprint density at radius 2 is 2.10 bits per heavy atom. The second kappa shape index (κ2) is 6.54. The van der Waals surface area contributed by atoms with Crippen LogP contribution in [0.3, 0.4) is 0 Å². The van der Waals surface area contributed by atoms with Crippen LogP contribution in [0.1, 0.15) is 39.8 Å². The molecule has 0 saturated heterocycles. The highest BCUT2D eigenvalue weighted by Gasteiger charge is 2.26. The molecule has 1 heterocycles. The van der Waals surface area contributed by atoms with E-state index in [0.29, 0.717) is 12.1 Å². The van der Waals surface area contributed by atoms with Crippen molar-refractivity contribution in [2.24, 2.45) is 11.3 Å². The van der Waals surface area contributed by atoms with Crippen molar-refractivity contribution in [2.45, 2.75) is 46.6 Å². The van der Waals surface area contributed by atoms with E-state index in [1.54, 1.807) is 6.20 Å². The molecule has 0 spiro atoms. The lowest BCUT2D eigenvalue weighted by atomic mass is 9.80. The molecule has 6 heteroatoms. The molecule has 0 aromatic carbocycles. The van der Waals surface area contributed by atoms with Gasteiger partial charge in [0.1, 0.15) is 6.04 Å². The van der Waals surface area contributed by atoms with Gasteiger partial charge in [-0.05, 0) is 11.3 Å². The Balaban J connectivity index is 2.58. The van der Waals surface area contributed by atoms with Gasteiger partial charge in [-0.2, -0.15) is 0 Å². The molecule has 0 radical (unpaired) electrons. The molecule has 0 bridgehead atoms. The van der Waals surface area contributed by atoms with Gasteiger partial charge in [0.25, 0.3) is 0 Å². The van der Waals surface area contributed by atoms with Gasteiger partial charge in [0, 0.05) is 24.7 Å². The number of hydrogen-bond acceptors (Lipinski definition) is 3. The van der Waals surface area contributed by atoms with Crippen molar-refractivity contribution in [3.63, 3.8) is 0 Å². The zero-order chi connectivity index (χ0) is 15.3. The van der Waals surface area contributed by atoms with Gasteiger partial charge in [-0.3, -0.25) is 4.79 Å². The molecule has 1 amide bonds. The molecule has 1 aromatic rings. The first-order chi connectivity index (χ1) is 9.20. The number of imidazole rings is 1. The Morgan fingerprint density at radius 3 is 2.55 bits per heavy atom. The lowest BCUT2D eigenvalue weighted by Crippen LogP contribution is -2.43. The lowest BCUT2D eigenvalue weighted by molar-refractivity contribution is -0.142. The summed E-state index contributed by atoms with van der Waals surface area (Å²) in [6.45, 7) is 8.17. The average Bonchev–Trinajstić information content (AvgIpc) is 2.79. The largest absolute Gasteiger partial charge is 0.480 e. The first-order valence-corrected chi connectivity index (χ1v) is 6.69. The smallest absolute Gasteiger partial charge is 0.326 e. The maximum Gasteiger partial charge on any atom is 0.326 e. The van der Waals surface area contributed by atoms with Gasteiger partial charge in [0.15, 0.2) is 0 Å². The molecule has 2 unspecified atom stereocenters. The second-order valence-corrected chi connectivity index (χ2v) is 6.21. The summed E-state index contributed by atoms with van der Waals surface area (Å²) in [7, 11) is 0. The second-order valence-electron chi connectivity index (χ2n) is 6.21. The molecule has 6 nitrogen and oxygen atoms in total. The topological polar surface area (TPSA) is 95.1 Å². The predicted molar refractivity (Wildman–Crippen MR) is 75.1 cm³/mol. The highest BCUT2D eigenvalue weighted by molar-refractivity contribution is 5.83. The van der Waals surface area contributed by atoms with E-state index in [4.69, 9.17) is 5.11 Å². The van der Waals surface area contributed by atoms with Crippen molar-refractivity contribution in [1.82, 2.24) is 15.3 Å². The molecule has 0 fully saturated rings. The number of carboxylic acid groups (broad SMARTS) is 1. The third kappa shape index (κ3) is 5.03. The number of aliphatic carboxylic acids is 1. The van der Waals surface area contributed by atoms with Crippen LogP contribution in [0.5, 0.6) is 0 Å². The van der Waals surface area contributed by atoms with E-state index >= 15 is 0 Å². The highest BCUT2D eigenvalue weighted by atomic mass is 16.4. The number of rotatable bonds is 6. The zero-order valence-corrected chi connectivity index (χ0v) is 12.4. The molecule has 1 aromatic heterocycles. The fourth-order valence-electron chi connectivity index (χ4n) is 1.65. The van der Waals surface area contributed by atoms with Crippen LogP contribution in [0, 0.1) is 11.3 Å². The van der Waals surface area contributed by atoms with Gasteiger partial charge in [-0.1, -0.05) is 27.7 Å². The number of aromatic nitrogens is 2. The summed E-state index contributed by atoms with van der Waals surface area (Å²) < 4.78 is 0. The molecule has 0 saturated carbocycles. The third-order valence-electron chi connectivity index (χ3n) is 3.58. The maximum absolute atomic E-state index is 11.9. The van der Waals surface area contributed by atoms with Crippen LogP contribution in [0.4, 0.5) is 0 Å². The van der Waals surface area contributed by atoms with Crippen LogP contribution in [0.25, 0.3) is 0 Å². The Morgan fingerprint density at radius 1 is 1.45 bits per heavy atom. The Hall–Kier alpha value is -1.85. The van der Waals surface area contributed by atoms with E-state index in [-0.39, 0.29) is 23.7 Å². The van der Waals surface area contributed by atoms with Crippen molar-refractivity contribution in [2.75, 3.05) is 0 Å². The van der Waals surface area contributed by atoms with Crippen LogP contribution in [0.2, 0.25) is 0 Å². The van der Waals surface area contributed by atoms with Crippen LogP contribution < -0.4 is 5.32 Å². The highest BCUT2D eigenvalue weighted by Crippen LogP contribution is 2.27. The van der Waals surface area contributed by atoms with Crippen molar-refractivity contribution < 1.29 is 14.7 Å². The molecule has 20 heavy (non-hydrogen) atoms. The van der Waals surface area contributed by atoms with E-state index in [1.807, 2.05) is 6.92 Å². The van der Waals surface area contributed by atoms with E-state index in [0.717, 1.165) is 0 Å². The third-order valence-corrected chi connectivity index (χ3v) is 3.58. The summed E-state index contributed by atoms with van der Waals surface area (Å²) >= 11 is 0. The fraction of sp³-hybridized carbons (Fsp3) is 0.643. The fourth-order valence-corrected chi connectivity index (χ4v) is 1.65. The Kier molecular flexibility index (Phi) is 5.30. The number of H-pyrrole nitrogens is 1. The number of carboxylic acids is 1. The first-order valence-electron chi connectivity index (χ1n) is 6.69. The number of carbonyl (C=O) groups excluding carboxylic acids is 1. The molecule has 2 atom stereocenters. The van der Waals surface area contributed by atoms with Crippen molar-refractivity contribution in [1.29, 1.82) is 0 Å². The first kappa shape index (κ1) is 16.2. The van der Waals surface area contributed by atoms with Crippen LogP contribution in [-0.4, -0.2) is 33.0 Å². The number of nitrogens with zero attached hydrogens (tertiary/aromatic N) is 1. The normalized spacial score (nSPS) is 14.6. The molecular weight excluding hydrogens is 258 g/mol. The molecular formula is C14H23N3O3. The summed E-state index contributed by atoms with van der Waals surface area (Å²) in [5.74, 6) is -1.11. The number of aromatic amines is 1. The van der Waals surface area contributed by atoms with Crippen molar-refractivity contribution in [3.05, 3.63) is 18.2 Å². The van der Waals surface area contributed by atoms with Gasteiger partial charge in [0.05, 0.1) is 6.33 Å². The summed E-state index contributed by atoms with van der Waals surface area (Å²) in [5, 5.41) is 11.7.